The molecule has 1 aliphatic heterocycles. The summed E-state index contributed by atoms with van der Waals surface area (Å²) in [6.45, 7) is 2.24. The first-order valence-corrected chi connectivity index (χ1v) is 9.60. The van der Waals surface area contributed by atoms with E-state index in [1.807, 2.05) is 30.3 Å². The van der Waals surface area contributed by atoms with Crippen molar-refractivity contribution in [3.63, 3.8) is 0 Å². The summed E-state index contributed by atoms with van der Waals surface area (Å²) in [6.07, 6.45) is 0.980. The summed E-state index contributed by atoms with van der Waals surface area (Å²) in [5.74, 6) is 0.201. The van der Waals surface area contributed by atoms with E-state index >= 15 is 0 Å². The van der Waals surface area contributed by atoms with Crippen LogP contribution in [0.4, 0.5) is 17.1 Å². The molecule has 3 aromatic carbocycles. The fraction of sp³-hybridized carbons (Fsp3) is 0.167. The Hall–Kier alpha value is -3.60. The van der Waals surface area contributed by atoms with Crippen LogP contribution in [0.1, 0.15) is 22.8 Å². The van der Waals surface area contributed by atoms with E-state index in [0.717, 1.165) is 24.3 Å². The number of benzene rings is 3. The van der Waals surface area contributed by atoms with Gasteiger partial charge in [0.1, 0.15) is 5.75 Å². The van der Waals surface area contributed by atoms with Crippen LogP contribution in [0.3, 0.4) is 0 Å². The lowest BCUT2D eigenvalue weighted by Gasteiger charge is -2.23. The van der Waals surface area contributed by atoms with Crippen molar-refractivity contribution in [2.24, 2.45) is 0 Å². The molecule has 0 atom stereocenters. The zero-order valence-corrected chi connectivity index (χ0v) is 16.2. The van der Waals surface area contributed by atoms with Crippen molar-refractivity contribution < 1.29 is 14.3 Å². The third kappa shape index (κ3) is 4.14. The maximum Gasteiger partial charge on any atom is 0.262 e. The predicted molar refractivity (Wildman–Crippen MR) is 114 cm³/mol. The van der Waals surface area contributed by atoms with Crippen molar-refractivity contribution in [2.75, 3.05) is 23.4 Å². The summed E-state index contributed by atoms with van der Waals surface area (Å²) < 4.78 is 5.57. The smallest absolute Gasteiger partial charge is 0.262 e. The molecule has 29 heavy (non-hydrogen) atoms. The second kappa shape index (κ2) is 8.19. The highest BCUT2D eigenvalue weighted by Crippen LogP contribution is 2.38. The van der Waals surface area contributed by atoms with E-state index in [-0.39, 0.29) is 18.3 Å². The SMILES string of the molecule is CC(=O)c1cccc(OCC(=O)Nc2ccccc2N2CCc3ccccc32)c1. The molecule has 1 N–H and O–H groups in total. The van der Waals surface area contributed by atoms with E-state index in [0.29, 0.717) is 11.3 Å². The average Bonchev–Trinajstić information content (AvgIpc) is 3.17. The number of carbonyl (C=O) groups excluding carboxylic acids is 2. The highest BCUT2D eigenvalue weighted by molar-refractivity contribution is 5.96. The number of ketones is 1. The molecule has 1 aliphatic rings. The molecule has 3 aromatic rings. The van der Waals surface area contributed by atoms with Gasteiger partial charge in [0.2, 0.25) is 0 Å². The molecule has 0 aliphatic carbocycles. The van der Waals surface area contributed by atoms with Gasteiger partial charge in [0.15, 0.2) is 12.4 Å². The zero-order valence-electron chi connectivity index (χ0n) is 16.2. The van der Waals surface area contributed by atoms with Crippen LogP contribution >= 0.6 is 0 Å². The van der Waals surface area contributed by atoms with Crippen LogP contribution in [-0.2, 0) is 11.2 Å². The molecule has 0 fully saturated rings. The first kappa shape index (κ1) is 18.7. The fourth-order valence-corrected chi connectivity index (χ4v) is 3.54. The van der Waals surface area contributed by atoms with Gasteiger partial charge < -0.3 is 15.0 Å². The number of rotatable bonds is 6. The first-order chi connectivity index (χ1) is 14.1. The fourth-order valence-electron chi connectivity index (χ4n) is 3.54. The molecule has 0 radical (unpaired) electrons. The molecule has 1 heterocycles. The van der Waals surface area contributed by atoms with Crippen LogP contribution in [0.2, 0.25) is 0 Å². The zero-order chi connectivity index (χ0) is 20.2. The number of hydrogen-bond donors (Lipinski definition) is 1. The van der Waals surface area contributed by atoms with Crippen molar-refractivity contribution >= 4 is 28.8 Å². The van der Waals surface area contributed by atoms with Crippen LogP contribution in [0.25, 0.3) is 0 Å². The van der Waals surface area contributed by atoms with E-state index < -0.39 is 0 Å². The number of fused-ring (bicyclic) bond motifs is 1. The number of anilines is 3. The Balaban J connectivity index is 1.46. The lowest BCUT2D eigenvalue weighted by Crippen LogP contribution is -2.22. The molecule has 0 spiro atoms. The molecular formula is C24H22N2O3. The monoisotopic (exact) mass is 386 g/mol. The molecular weight excluding hydrogens is 364 g/mol. The van der Waals surface area contributed by atoms with E-state index in [4.69, 9.17) is 4.74 Å². The molecule has 0 unspecified atom stereocenters. The van der Waals surface area contributed by atoms with E-state index in [9.17, 15) is 9.59 Å². The van der Waals surface area contributed by atoms with Crippen LogP contribution in [0.15, 0.2) is 72.8 Å². The summed E-state index contributed by atoms with van der Waals surface area (Å²) in [5.41, 5.74) is 4.74. The molecule has 0 bridgehead atoms. The van der Waals surface area contributed by atoms with Gasteiger partial charge in [-0.15, -0.1) is 0 Å². The van der Waals surface area contributed by atoms with Crippen molar-refractivity contribution in [1.82, 2.24) is 0 Å². The summed E-state index contributed by atoms with van der Waals surface area (Å²) in [5, 5.41) is 2.95. The number of carbonyl (C=O) groups is 2. The summed E-state index contributed by atoms with van der Waals surface area (Å²) in [6, 6.07) is 22.9. The van der Waals surface area contributed by atoms with E-state index in [2.05, 4.69) is 28.4 Å². The molecule has 1 amide bonds. The van der Waals surface area contributed by atoms with Gasteiger partial charge in [-0.05, 0) is 49.2 Å². The maximum atomic E-state index is 12.5. The number of para-hydroxylation sites is 3. The van der Waals surface area contributed by atoms with Gasteiger partial charge in [-0.2, -0.15) is 0 Å². The lowest BCUT2D eigenvalue weighted by molar-refractivity contribution is -0.118. The molecule has 5 nitrogen and oxygen atoms in total. The standard InChI is InChI=1S/C24H22N2O3/c1-17(27)19-8-6-9-20(15-19)29-16-24(28)25-21-10-3-5-12-23(21)26-14-13-18-7-2-4-11-22(18)26/h2-12,15H,13-14,16H2,1H3,(H,25,28). The number of amides is 1. The molecule has 0 saturated carbocycles. The lowest BCUT2D eigenvalue weighted by atomic mass is 10.1. The van der Waals surface area contributed by atoms with Crippen molar-refractivity contribution in [3.05, 3.63) is 83.9 Å². The molecule has 4 rings (SSSR count). The van der Waals surface area contributed by atoms with Gasteiger partial charge in [0.05, 0.1) is 11.4 Å². The average molecular weight is 386 g/mol. The van der Waals surface area contributed by atoms with Crippen LogP contribution in [0, 0.1) is 0 Å². The number of ether oxygens (including phenoxy) is 1. The normalized spacial score (nSPS) is 12.4. The topological polar surface area (TPSA) is 58.6 Å². The van der Waals surface area contributed by atoms with Gasteiger partial charge in [-0.1, -0.05) is 42.5 Å². The number of Topliss-reactive ketones (excluding diaryl/α,β-unsaturated/α-hetero) is 1. The molecule has 146 valence electrons. The Kier molecular flexibility index (Phi) is 5.29. The summed E-state index contributed by atoms with van der Waals surface area (Å²) >= 11 is 0. The summed E-state index contributed by atoms with van der Waals surface area (Å²) in [7, 11) is 0. The van der Waals surface area contributed by atoms with E-state index in [1.54, 1.807) is 24.3 Å². The second-order valence-electron chi connectivity index (χ2n) is 6.97. The number of nitrogens with one attached hydrogen (secondary N) is 1. The Bertz CT molecular complexity index is 1060. The van der Waals surface area contributed by atoms with Gasteiger partial charge in [0.25, 0.3) is 5.91 Å². The van der Waals surface area contributed by atoms with Crippen LogP contribution in [-0.4, -0.2) is 24.8 Å². The highest BCUT2D eigenvalue weighted by atomic mass is 16.5. The van der Waals surface area contributed by atoms with Gasteiger partial charge in [-0.25, -0.2) is 0 Å². The third-order valence-corrected chi connectivity index (χ3v) is 4.97. The van der Waals surface area contributed by atoms with Crippen molar-refractivity contribution in [3.8, 4) is 5.75 Å². The number of hydrogen-bond acceptors (Lipinski definition) is 4. The Morgan fingerprint density at radius 2 is 1.72 bits per heavy atom. The minimum atomic E-state index is -0.252. The van der Waals surface area contributed by atoms with E-state index in [1.165, 1.54) is 18.2 Å². The van der Waals surface area contributed by atoms with Gasteiger partial charge >= 0.3 is 0 Å². The Morgan fingerprint density at radius 3 is 2.55 bits per heavy atom. The predicted octanol–water partition coefficient (Wildman–Crippen LogP) is 4.60. The van der Waals surface area contributed by atoms with Crippen molar-refractivity contribution in [2.45, 2.75) is 13.3 Å². The Morgan fingerprint density at radius 1 is 0.966 bits per heavy atom. The quantitative estimate of drug-likeness (QED) is 0.629. The van der Waals surface area contributed by atoms with Crippen LogP contribution in [0.5, 0.6) is 5.75 Å². The molecule has 0 aromatic heterocycles. The minimum absolute atomic E-state index is 0.0419. The van der Waals surface area contributed by atoms with Crippen molar-refractivity contribution in [1.29, 1.82) is 0 Å². The number of nitrogens with zero attached hydrogens (tertiary/aromatic N) is 1. The van der Waals surface area contributed by atoms with Gasteiger partial charge in [0, 0.05) is 17.8 Å². The molecule has 0 saturated heterocycles. The first-order valence-electron chi connectivity index (χ1n) is 9.60. The van der Waals surface area contributed by atoms with Crippen LogP contribution < -0.4 is 15.0 Å². The maximum absolute atomic E-state index is 12.5. The largest absolute Gasteiger partial charge is 0.484 e. The third-order valence-electron chi connectivity index (χ3n) is 4.97. The Labute approximate surface area is 169 Å². The summed E-state index contributed by atoms with van der Waals surface area (Å²) in [4.78, 5) is 26.2. The van der Waals surface area contributed by atoms with Gasteiger partial charge in [-0.3, -0.25) is 9.59 Å². The minimum Gasteiger partial charge on any atom is -0.484 e. The highest BCUT2D eigenvalue weighted by Gasteiger charge is 2.22. The molecule has 5 heteroatoms. The second-order valence-corrected chi connectivity index (χ2v) is 6.97.